The van der Waals surface area contributed by atoms with Gasteiger partial charge in [-0.05, 0) is 36.1 Å². The normalized spacial score (nSPS) is 12.3. The first-order chi connectivity index (χ1) is 15.9. The second-order valence-electron chi connectivity index (χ2n) is 9.18. The molecule has 1 aromatic heterocycles. The second kappa shape index (κ2) is 9.54. The van der Waals surface area contributed by atoms with E-state index in [1.54, 1.807) is 28.9 Å². The van der Waals surface area contributed by atoms with Crippen molar-refractivity contribution in [2.45, 2.75) is 40.3 Å². The fourth-order valence-electron chi connectivity index (χ4n) is 3.47. The van der Waals surface area contributed by atoms with E-state index in [4.69, 9.17) is 16.2 Å². The number of ether oxygens (including phenoxy) is 1. The summed E-state index contributed by atoms with van der Waals surface area (Å²) < 4.78 is 20.3. The molecule has 0 fully saturated rings. The second-order valence-corrected chi connectivity index (χ2v) is 9.18. The molecule has 3 aromatic rings. The summed E-state index contributed by atoms with van der Waals surface area (Å²) in [5.41, 5.74) is 13.9. The molecule has 9 heteroatoms. The Hall–Kier alpha value is -3.88. The number of halogens is 1. The Bertz CT molecular complexity index is 1210. The molecular formula is C25H30FN5O3. The topological polar surface area (TPSA) is 125 Å². The summed E-state index contributed by atoms with van der Waals surface area (Å²) in [7, 11) is 1.42. The minimum absolute atomic E-state index is 0.0753. The van der Waals surface area contributed by atoms with E-state index in [1.165, 1.54) is 19.2 Å². The third-order valence-corrected chi connectivity index (χ3v) is 5.90. The van der Waals surface area contributed by atoms with Gasteiger partial charge in [0.25, 0.3) is 11.8 Å². The average molecular weight is 468 g/mol. The van der Waals surface area contributed by atoms with E-state index in [0.717, 1.165) is 11.6 Å². The average Bonchev–Trinajstić information content (AvgIpc) is 3.13. The highest BCUT2D eigenvalue weighted by Gasteiger charge is 2.29. The lowest BCUT2D eigenvalue weighted by atomic mass is 9.88. The molecule has 0 saturated heterocycles. The van der Waals surface area contributed by atoms with Crippen LogP contribution in [0.4, 0.5) is 10.2 Å². The first kappa shape index (κ1) is 24.8. The van der Waals surface area contributed by atoms with E-state index in [1.807, 2.05) is 6.92 Å². The van der Waals surface area contributed by atoms with Crippen LogP contribution >= 0.6 is 0 Å². The third kappa shape index (κ3) is 5.03. The lowest BCUT2D eigenvalue weighted by Gasteiger charge is -2.28. The number of carbonyl (C=O) groups excluding carboxylic acids is 2. The summed E-state index contributed by atoms with van der Waals surface area (Å²) in [6, 6.07) is 10.8. The summed E-state index contributed by atoms with van der Waals surface area (Å²) in [5.74, 6) is -1.13. The van der Waals surface area contributed by atoms with Gasteiger partial charge in [0.2, 0.25) is 0 Å². The third-order valence-electron chi connectivity index (χ3n) is 5.90. The van der Waals surface area contributed by atoms with Crippen molar-refractivity contribution in [3.63, 3.8) is 0 Å². The van der Waals surface area contributed by atoms with Gasteiger partial charge in [0, 0.05) is 12.1 Å². The number of rotatable bonds is 7. The van der Waals surface area contributed by atoms with Crippen molar-refractivity contribution in [2.75, 3.05) is 12.8 Å². The number of primary amides is 1. The monoisotopic (exact) mass is 467 g/mol. The Morgan fingerprint density at radius 1 is 1.18 bits per heavy atom. The number of anilines is 1. The summed E-state index contributed by atoms with van der Waals surface area (Å²) in [4.78, 5) is 24.7. The molecule has 0 aliphatic carbocycles. The molecule has 1 atom stereocenters. The maximum absolute atomic E-state index is 13.6. The van der Waals surface area contributed by atoms with Crippen molar-refractivity contribution in [1.82, 2.24) is 15.1 Å². The molecule has 0 radical (unpaired) electrons. The van der Waals surface area contributed by atoms with Crippen molar-refractivity contribution in [2.24, 2.45) is 11.1 Å². The molecule has 0 saturated carbocycles. The number of nitrogen functional groups attached to an aromatic ring is 1. The standard InChI is InChI=1S/C25H30FN5O3/c1-14(25(2,3)4)31-22(27)20(23(28)32)21(30-31)16-8-6-15(7-9-16)13-29-24(33)18-12-17(26)10-11-19(18)34-5/h6-12,14H,13,27H2,1-5H3,(H2,28,32)(H,29,33). The summed E-state index contributed by atoms with van der Waals surface area (Å²) >= 11 is 0. The van der Waals surface area contributed by atoms with Crippen LogP contribution in [0.25, 0.3) is 11.3 Å². The smallest absolute Gasteiger partial charge is 0.255 e. The largest absolute Gasteiger partial charge is 0.496 e. The van der Waals surface area contributed by atoms with Gasteiger partial charge >= 0.3 is 0 Å². The molecule has 0 spiro atoms. The van der Waals surface area contributed by atoms with Crippen LogP contribution in [0.1, 0.15) is 60.0 Å². The molecule has 2 aromatic carbocycles. The van der Waals surface area contributed by atoms with E-state index in [0.29, 0.717) is 11.3 Å². The zero-order chi connectivity index (χ0) is 25.2. The Labute approximate surface area is 198 Å². The molecule has 2 amide bonds. The van der Waals surface area contributed by atoms with Gasteiger partial charge in [-0.15, -0.1) is 0 Å². The zero-order valence-corrected chi connectivity index (χ0v) is 20.0. The number of aromatic nitrogens is 2. The lowest BCUT2D eigenvalue weighted by Crippen LogP contribution is -2.24. The van der Waals surface area contributed by atoms with Crippen LogP contribution in [0.3, 0.4) is 0 Å². The van der Waals surface area contributed by atoms with Gasteiger partial charge in [-0.3, -0.25) is 9.59 Å². The van der Waals surface area contributed by atoms with Crippen molar-refractivity contribution >= 4 is 17.6 Å². The van der Waals surface area contributed by atoms with Gasteiger partial charge in [0.1, 0.15) is 28.6 Å². The fraction of sp³-hybridized carbons (Fsp3) is 0.320. The molecule has 8 nitrogen and oxygen atoms in total. The number of nitrogens with zero attached hydrogens (tertiary/aromatic N) is 2. The Morgan fingerprint density at radius 3 is 2.38 bits per heavy atom. The number of benzene rings is 2. The van der Waals surface area contributed by atoms with Crippen LogP contribution in [-0.4, -0.2) is 28.7 Å². The molecule has 34 heavy (non-hydrogen) atoms. The van der Waals surface area contributed by atoms with Crippen LogP contribution in [-0.2, 0) is 6.54 Å². The van der Waals surface area contributed by atoms with Gasteiger partial charge in [-0.25, -0.2) is 9.07 Å². The minimum atomic E-state index is -0.653. The molecule has 1 heterocycles. The van der Waals surface area contributed by atoms with E-state index < -0.39 is 17.6 Å². The molecule has 3 rings (SSSR count). The number of hydrogen-bond acceptors (Lipinski definition) is 5. The van der Waals surface area contributed by atoms with Crippen molar-refractivity contribution in [3.8, 4) is 17.0 Å². The first-order valence-electron chi connectivity index (χ1n) is 10.8. The van der Waals surface area contributed by atoms with E-state index >= 15 is 0 Å². The number of nitrogens with one attached hydrogen (secondary N) is 1. The molecule has 0 aliphatic heterocycles. The highest BCUT2D eigenvalue weighted by molar-refractivity contribution is 6.03. The number of hydrogen-bond donors (Lipinski definition) is 3. The predicted molar refractivity (Wildman–Crippen MR) is 129 cm³/mol. The molecule has 180 valence electrons. The van der Waals surface area contributed by atoms with Crippen molar-refractivity contribution < 1.29 is 18.7 Å². The maximum atomic E-state index is 13.6. The molecule has 5 N–H and O–H groups in total. The number of nitrogens with two attached hydrogens (primary N) is 2. The quantitative estimate of drug-likeness (QED) is 0.486. The fourth-order valence-corrected chi connectivity index (χ4v) is 3.47. The lowest BCUT2D eigenvalue weighted by molar-refractivity contribution is 0.0946. The van der Waals surface area contributed by atoms with Crippen LogP contribution in [0, 0.1) is 11.2 Å². The van der Waals surface area contributed by atoms with E-state index in [9.17, 15) is 14.0 Å². The molecule has 0 aliphatic rings. The Morgan fingerprint density at radius 2 is 1.82 bits per heavy atom. The number of amides is 2. The SMILES string of the molecule is COc1ccc(F)cc1C(=O)NCc1ccc(-c2nn(C(C)C(C)(C)C)c(N)c2C(N)=O)cc1. The summed E-state index contributed by atoms with van der Waals surface area (Å²) in [5, 5.41) is 7.36. The van der Waals surface area contributed by atoms with Gasteiger partial charge < -0.3 is 21.5 Å². The highest BCUT2D eigenvalue weighted by Crippen LogP contribution is 2.35. The predicted octanol–water partition coefficient (Wildman–Crippen LogP) is 3.92. The van der Waals surface area contributed by atoms with Crippen LogP contribution in [0.2, 0.25) is 0 Å². The van der Waals surface area contributed by atoms with Gasteiger partial charge in [-0.1, -0.05) is 45.0 Å². The first-order valence-corrected chi connectivity index (χ1v) is 10.8. The van der Waals surface area contributed by atoms with Gasteiger partial charge in [0.15, 0.2) is 0 Å². The molecular weight excluding hydrogens is 437 g/mol. The maximum Gasteiger partial charge on any atom is 0.255 e. The Balaban J connectivity index is 1.83. The van der Waals surface area contributed by atoms with Crippen LogP contribution < -0.4 is 21.5 Å². The summed E-state index contributed by atoms with van der Waals surface area (Å²) in [6.07, 6.45) is 0. The Kier molecular flexibility index (Phi) is 6.95. The number of methoxy groups -OCH3 is 1. The van der Waals surface area contributed by atoms with Crippen LogP contribution in [0.5, 0.6) is 5.75 Å². The van der Waals surface area contributed by atoms with E-state index in [-0.39, 0.29) is 40.7 Å². The van der Waals surface area contributed by atoms with Gasteiger partial charge in [0.05, 0.1) is 18.7 Å². The van der Waals surface area contributed by atoms with Crippen molar-refractivity contribution in [1.29, 1.82) is 0 Å². The highest BCUT2D eigenvalue weighted by atomic mass is 19.1. The number of carbonyl (C=O) groups is 2. The summed E-state index contributed by atoms with van der Waals surface area (Å²) in [6.45, 7) is 8.37. The van der Waals surface area contributed by atoms with Crippen LogP contribution in [0.15, 0.2) is 42.5 Å². The zero-order valence-electron chi connectivity index (χ0n) is 20.0. The molecule has 1 unspecified atom stereocenters. The molecule has 0 bridgehead atoms. The van der Waals surface area contributed by atoms with Gasteiger partial charge in [-0.2, -0.15) is 5.10 Å². The minimum Gasteiger partial charge on any atom is -0.496 e. The van der Waals surface area contributed by atoms with Crippen molar-refractivity contribution in [3.05, 3.63) is 65.0 Å². The van der Waals surface area contributed by atoms with E-state index in [2.05, 4.69) is 31.2 Å².